The number of amides is 1. The van der Waals surface area contributed by atoms with Crippen LogP contribution in [-0.4, -0.2) is 22.7 Å². The van der Waals surface area contributed by atoms with Crippen molar-refractivity contribution in [3.05, 3.63) is 59.6 Å². The van der Waals surface area contributed by atoms with Gasteiger partial charge in [0.05, 0.1) is 0 Å². The maximum atomic E-state index is 12.0. The molecule has 0 fully saturated rings. The zero-order chi connectivity index (χ0) is 18.2. The van der Waals surface area contributed by atoms with Gasteiger partial charge in [0, 0.05) is 6.42 Å². The highest BCUT2D eigenvalue weighted by atomic mass is 32.1. The summed E-state index contributed by atoms with van der Waals surface area (Å²) in [5.41, 5.74) is 2.25. The number of nitrogens with zero attached hydrogens (tertiary/aromatic N) is 2. The summed E-state index contributed by atoms with van der Waals surface area (Å²) in [4.78, 5) is 12.0. The Bertz CT molecular complexity index is 832. The van der Waals surface area contributed by atoms with Crippen LogP contribution in [0.4, 0.5) is 5.13 Å². The number of hydrogen-bond donors (Lipinski definition) is 1. The molecular formula is C20H21N3O2S. The van der Waals surface area contributed by atoms with Crippen molar-refractivity contribution >= 4 is 22.4 Å². The molecule has 0 saturated heterocycles. The van der Waals surface area contributed by atoms with Crippen molar-refractivity contribution in [1.29, 1.82) is 0 Å². The first-order valence-electron chi connectivity index (χ1n) is 8.65. The fourth-order valence-electron chi connectivity index (χ4n) is 2.41. The second-order valence-electron chi connectivity index (χ2n) is 5.83. The number of aromatic nitrogens is 2. The molecule has 6 heteroatoms. The Hall–Kier alpha value is -2.73. The van der Waals surface area contributed by atoms with E-state index in [1.165, 1.54) is 11.3 Å². The van der Waals surface area contributed by atoms with Gasteiger partial charge < -0.3 is 4.74 Å². The van der Waals surface area contributed by atoms with Crippen molar-refractivity contribution in [3.8, 4) is 16.9 Å². The van der Waals surface area contributed by atoms with Gasteiger partial charge in [0.1, 0.15) is 10.8 Å². The summed E-state index contributed by atoms with van der Waals surface area (Å²) in [6.45, 7) is 2.07. The summed E-state index contributed by atoms with van der Waals surface area (Å²) in [6.07, 6.45) is 3.08. The van der Waals surface area contributed by atoms with Gasteiger partial charge in [-0.05, 0) is 29.7 Å². The lowest BCUT2D eigenvalue weighted by Crippen LogP contribution is -2.20. The van der Waals surface area contributed by atoms with Crippen molar-refractivity contribution in [3.63, 3.8) is 0 Å². The minimum atomic E-state index is -0.240. The third-order valence-corrected chi connectivity index (χ3v) is 4.69. The molecule has 1 amide bonds. The van der Waals surface area contributed by atoms with Crippen LogP contribution in [0, 0.1) is 0 Å². The van der Waals surface area contributed by atoms with Crippen molar-refractivity contribution in [1.82, 2.24) is 10.2 Å². The van der Waals surface area contributed by atoms with Crippen molar-refractivity contribution < 1.29 is 9.53 Å². The first kappa shape index (κ1) is 18.1. The Labute approximate surface area is 157 Å². The van der Waals surface area contributed by atoms with Gasteiger partial charge in [0.15, 0.2) is 6.61 Å². The molecule has 1 heterocycles. The monoisotopic (exact) mass is 367 g/mol. The summed E-state index contributed by atoms with van der Waals surface area (Å²) in [6, 6.07) is 17.8. The van der Waals surface area contributed by atoms with E-state index in [-0.39, 0.29) is 12.5 Å². The molecule has 0 aliphatic rings. The molecule has 0 aliphatic carbocycles. The minimum Gasteiger partial charge on any atom is -0.484 e. The number of rotatable bonds is 8. The standard InChI is InChI=1S/C20H21N3O2S/c1-2-3-9-19-22-23-20(26-19)21-18(24)14-25-17-12-10-16(11-13-17)15-7-5-4-6-8-15/h4-8,10-13H,2-3,9,14H2,1H3,(H,21,23,24). The summed E-state index contributed by atoms with van der Waals surface area (Å²) < 4.78 is 5.55. The maximum absolute atomic E-state index is 12.0. The summed E-state index contributed by atoms with van der Waals surface area (Å²) in [5.74, 6) is 0.413. The number of ether oxygens (including phenoxy) is 1. The number of carbonyl (C=O) groups excluding carboxylic acids is 1. The second-order valence-corrected chi connectivity index (χ2v) is 6.89. The topological polar surface area (TPSA) is 64.1 Å². The molecule has 1 aromatic heterocycles. The van der Waals surface area contributed by atoms with Gasteiger partial charge in [-0.15, -0.1) is 10.2 Å². The molecule has 0 unspecified atom stereocenters. The summed E-state index contributed by atoms with van der Waals surface area (Å²) in [5, 5.41) is 12.3. The number of nitrogens with one attached hydrogen (secondary N) is 1. The number of carbonyl (C=O) groups is 1. The highest BCUT2D eigenvalue weighted by molar-refractivity contribution is 7.15. The van der Waals surface area contributed by atoms with E-state index < -0.39 is 0 Å². The SMILES string of the molecule is CCCCc1nnc(NC(=O)COc2ccc(-c3ccccc3)cc2)s1. The van der Waals surface area contributed by atoms with Crippen molar-refractivity contribution in [2.24, 2.45) is 0 Å². The molecule has 0 aliphatic heterocycles. The lowest BCUT2D eigenvalue weighted by atomic mass is 10.1. The Kier molecular flexibility index (Phi) is 6.33. The normalized spacial score (nSPS) is 10.5. The Morgan fingerprint density at radius 3 is 2.50 bits per heavy atom. The molecular weight excluding hydrogens is 346 g/mol. The molecule has 5 nitrogen and oxygen atoms in total. The van der Waals surface area contributed by atoms with Gasteiger partial charge in [0.25, 0.3) is 5.91 Å². The summed E-state index contributed by atoms with van der Waals surface area (Å²) in [7, 11) is 0. The largest absolute Gasteiger partial charge is 0.484 e. The molecule has 0 bridgehead atoms. The van der Waals surface area contributed by atoms with Gasteiger partial charge in [0.2, 0.25) is 5.13 Å². The molecule has 3 rings (SSSR count). The van der Waals surface area contributed by atoms with E-state index >= 15 is 0 Å². The number of hydrogen-bond acceptors (Lipinski definition) is 5. The number of benzene rings is 2. The van der Waals surface area contributed by atoms with E-state index in [1.807, 2.05) is 42.5 Å². The van der Waals surface area contributed by atoms with Crippen LogP contribution < -0.4 is 10.1 Å². The van der Waals surface area contributed by atoms with Gasteiger partial charge in [-0.3, -0.25) is 10.1 Å². The molecule has 3 aromatic rings. The molecule has 134 valence electrons. The van der Waals surface area contributed by atoms with E-state index in [1.54, 1.807) is 0 Å². The van der Waals surface area contributed by atoms with E-state index in [0.29, 0.717) is 10.9 Å². The van der Waals surface area contributed by atoms with Crippen LogP contribution in [0.2, 0.25) is 0 Å². The number of aryl methyl sites for hydroxylation is 1. The zero-order valence-corrected chi connectivity index (χ0v) is 15.5. The number of anilines is 1. The second kappa shape index (κ2) is 9.10. The first-order chi connectivity index (χ1) is 12.7. The minimum absolute atomic E-state index is 0.0610. The van der Waals surface area contributed by atoms with Crippen LogP contribution in [0.3, 0.4) is 0 Å². The average molecular weight is 367 g/mol. The quantitative estimate of drug-likeness (QED) is 0.634. The van der Waals surface area contributed by atoms with Crippen LogP contribution in [0.25, 0.3) is 11.1 Å². The lowest BCUT2D eigenvalue weighted by molar-refractivity contribution is -0.118. The maximum Gasteiger partial charge on any atom is 0.264 e. The van der Waals surface area contributed by atoms with E-state index in [4.69, 9.17) is 4.74 Å². The Morgan fingerprint density at radius 1 is 1.04 bits per heavy atom. The first-order valence-corrected chi connectivity index (χ1v) is 9.47. The van der Waals surface area contributed by atoms with Crippen LogP contribution in [0.15, 0.2) is 54.6 Å². The van der Waals surface area contributed by atoms with Crippen molar-refractivity contribution in [2.75, 3.05) is 11.9 Å². The van der Waals surface area contributed by atoms with Crippen LogP contribution in [0.1, 0.15) is 24.8 Å². The number of unbranched alkanes of at least 4 members (excludes halogenated alkanes) is 1. The van der Waals surface area contributed by atoms with Crippen molar-refractivity contribution in [2.45, 2.75) is 26.2 Å². The van der Waals surface area contributed by atoms with Gasteiger partial charge >= 0.3 is 0 Å². The molecule has 0 spiro atoms. The fourth-order valence-corrected chi connectivity index (χ4v) is 3.21. The van der Waals surface area contributed by atoms with Gasteiger partial charge in [-0.1, -0.05) is 67.1 Å². The van der Waals surface area contributed by atoms with Gasteiger partial charge in [-0.25, -0.2) is 0 Å². The Balaban J connectivity index is 1.49. The predicted molar refractivity (Wildman–Crippen MR) is 105 cm³/mol. The van der Waals surface area contributed by atoms with E-state index in [9.17, 15) is 4.79 Å². The lowest BCUT2D eigenvalue weighted by Gasteiger charge is -2.07. The van der Waals surface area contributed by atoms with Gasteiger partial charge in [-0.2, -0.15) is 0 Å². The van der Waals surface area contributed by atoms with E-state index in [2.05, 4.69) is 34.6 Å². The smallest absolute Gasteiger partial charge is 0.264 e. The third kappa shape index (κ3) is 5.13. The fraction of sp³-hybridized carbons (Fsp3) is 0.250. The Morgan fingerprint density at radius 2 is 1.77 bits per heavy atom. The highest BCUT2D eigenvalue weighted by Crippen LogP contribution is 2.22. The molecule has 2 aromatic carbocycles. The molecule has 0 radical (unpaired) electrons. The molecule has 0 atom stereocenters. The van der Waals surface area contributed by atoms with Crippen LogP contribution in [0.5, 0.6) is 5.75 Å². The molecule has 26 heavy (non-hydrogen) atoms. The predicted octanol–water partition coefficient (Wildman–Crippen LogP) is 4.57. The summed E-state index contributed by atoms with van der Waals surface area (Å²) >= 11 is 1.41. The average Bonchev–Trinajstić information content (AvgIpc) is 3.13. The highest BCUT2D eigenvalue weighted by Gasteiger charge is 2.09. The third-order valence-electron chi connectivity index (χ3n) is 3.79. The zero-order valence-electron chi connectivity index (χ0n) is 14.6. The molecule has 0 saturated carbocycles. The van der Waals surface area contributed by atoms with Crippen LogP contribution in [-0.2, 0) is 11.2 Å². The van der Waals surface area contributed by atoms with E-state index in [0.717, 1.165) is 35.4 Å². The van der Waals surface area contributed by atoms with Crippen LogP contribution >= 0.6 is 11.3 Å². The molecule has 1 N–H and O–H groups in total.